The van der Waals surface area contributed by atoms with Gasteiger partial charge < -0.3 is 29.4 Å². The molecule has 2 N–H and O–H groups in total. The number of hydrogen-bond donors (Lipinski definition) is 1. The number of rotatable bonds is 7. The van der Waals surface area contributed by atoms with Crippen molar-refractivity contribution in [3.05, 3.63) is 56.4 Å². The number of nitrogen functional groups attached to an aromatic ring is 1. The number of nitrogens with zero attached hydrogens (tertiary/aromatic N) is 3. The maximum absolute atomic E-state index is 15.1. The second-order valence-electron chi connectivity index (χ2n) is 10.9. The topological polar surface area (TPSA) is 91.8 Å². The highest BCUT2D eigenvalue weighted by atomic mass is 79.9. The maximum atomic E-state index is 15.1. The number of carbonyl (C=O) groups is 1. The van der Waals surface area contributed by atoms with E-state index in [0.29, 0.717) is 53.5 Å². The maximum Gasteiger partial charge on any atom is 0.270 e. The molecule has 0 radical (unpaired) electrons. The number of hydrogen-bond acceptors (Lipinski definition) is 6. The van der Waals surface area contributed by atoms with Crippen molar-refractivity contribution in [1.29, 1.82) is 0 Å². The smallest absolute Gasteiger partial charge is 0.270 e. The quantitative estimate of drug-likeness (QED) is 0.300. The molecule has 8 nitrogen and oxygen atoms in total. The molecule has 0 bridgehead atoms. The fourth-order valence-corrected chi connectivity index (χ4v) is 6.21. The number of amides is 1. The van der Waals surface area contributed by atoms with Crippen molar-refractivity contribution in [2.24, 2.45) is 0 Å². The monoisotopic (exact) mass is 590 g/mol. The molecule has 4 heterocycles. The first kappa shape index (κ1) is 26.3. The van der Waals surface area contributed by atoms with Crippen molar-refractivity contribution < 1.29 is 23.4 Å². The van der Waals surface area contributed by atoms with Crippen LogP contribution in [0.1, 0.15) is 38.8 Å². The number of carbonyl (C=O) groups excluding carboxylic acids is 1. The molecule has 0 aliphatic carbocycles. The lowest BCUT2D eigenvalue weighted by Crippen LogP contribution is -2.38. The molecule has 0 unspecified atom stereocenters. The third kappa shape index (κ3) is 5.07. The summed E-state index contributed by atoms with van der Waals surface area (Å²) in [6.45, 7) is 8.96. The highest BCUT2D eigenvalue weighted by Crippen LogP contribution is 2.36. The van der Waals surface area contributed by atoms with Crippen molar-refractivity contribution in [2.45, 2.75) is 58.3 Å². The predicted molar refractivity (Wildman–Crippen MR) is 145 cm³/mol. The van der Waals surface area contributed by atoms with Crippen LogP contribution in [0.2, 0.25) is 25.7 Å². The van der Waals surface area contributed by atoms with E-state index in [1.807, 2.05) is 10.6 Å². The number of benzene rings is 1. The molecule has 198 valence electrons. The summed E-state index contributed by atoms with van der Waals surface area (Å²) in [6.07, 6.45) is 0. The molecule has 2 aliphatic rings. The average molecular weight is 592 g/mol. The van der Waals surface area contributed by atoms with E-state index in [1.165, 1.54) is 6.07 Å². The molecule has 0 spiro atoms. The van der Waals surface area contributed by atoms with Crippen LogP contribution in [-0.4, -0.2) is 48.7 Å². The van der Waals surface area contributed by atoms with Gasteiger partial charge >= 0.3 is 0 Å². The summed E-state index contributed by atoms with van der Waals surface area (Å²) in [7, 11) is 0.390. The summed E-state index contributed by atoms with van der Waals surface area (Å²) in [6, 6.07) is 5.44. The largest absolute Gasteiger partial charge is 0.383 e. The minimum Gasteiger partial charge on any atom is -0.383 e. The summed E-state index contributed by atoms with van der Waals surface area (Å²) >= 11 is 3.35. The number of ether oxygens (including phenoxy) is 3. The highest BCUT2D eigenvalue weighted by molar-refractivity contribution is 9.10. The standard InChI is InChI=1S/C26H32BrFN4O4Si/c1-31(22-13-35-10-15-7-16(27)8-19(28)23(15)22)26(33)21-9-20-24(17-11-36-12-18(17)25(29)30-20)32(21)14-34-5-6-37(2,3)4/h7-9,22H,5-6,10-14H2,1-4H3,(H2,29,30)/t22-/m1/s1. The van der Waals surface area contributed by atoms with E-state index in [2.05, 4.69) is 40.6 Å². The van der Waals surface area contributed by atoms with E-state index < -0.39 is 14.1 Å². The summed E-state index contributed by atoms with van der Waals surface area (Å²) < 4.78 is 35.1. The molecule has 0 saturated heterocycles. The Labute approximate surface area is 225 Å². The summed E-state index contributed by atoms with van der Waals surface area (Å²) in [5.74, 6) is -0.231. The van der Waals surface area contributed by atoms with Crippen LogP contribution in [0.4, 0.5) is 10.2 Å². The Morgan fingerprint density at radius 2 is 2.00 bits per heavy atom. The molecule has 1 atom stereocenters. The molecular formula is C26H32BrFN4O4Si. The van der Waals surface area contributed by atoms with Gasteiger partial charge in [0, 0.05) is 42.9 Å². The molecule has 0 saturated carbocycles. The zero-order valence-corrected chi connectivity index (χ0v) is 24.2. The molecule has 11 heteroatoms. The second-order valence-corrected chi connectivity index (χ2v) is 17.4. The minimum absolute atomic E-state index is 0.194. The molecule has 2 aromatic heterocycles. The van der Waals surface area contributed by atoms with Crippen LogP contribution < -0.4 is 5.73 Å². The lowest BCUT2D eigenvalue weighted by atomic mass is 9.97. The number of fused-ring (bicyclic) bond motifs is 4. The summed E-state index contributed by atoms with van der Waals surface area (Å²) in [5.41, 5.74) is 11.0. The van der Waals surface area contributed by atoms with E-state index in [9.17, 15) is 4.79 Å². The summed E-state index contributed by atoms with van der Waals surface area (Å²) in [4.78, 5) is 20.1. The first-order valence-electron chi connectivity index (χ1n) is 12.3. The SMILES string of the molecule is CN(C(=O)c1cc2nc(N)c3c(c2n1COCC[Si](C)(C)C)COC3)[C@@H]1COCc2cc(Br)cc(F)c21. The van der Waals surface area contributed by atoms with Gasteiger partial charge in [-0.25, -0.2) is 9.37 Å². The third-order valence-corrected chi connectivity index (χ3v) is 9.20. The normalized spacial score (nSPS) is 17.2. The van der Waals surface area contributed by atoms with Gasteiger partial charge in [-0.2, -0.15) is 0 Å². The zero-order valence-electron chi connectivity index (χ0n) is 21.6. The van der Waals surface area contributed by atoms with Crippen LogP contribution in [0.5, 0.6) is 0 Å². The Morgan fingerprint density at radius 3 is 2.76 bits per heavy atom. The third-order valence-electron chi connectivity index (χ3n) is 7.04. The van der Waals surface area contributed by atoms with E-state index in [-0.39, 0.29) is 25.1 Å². The van der Waals surface area contributed by atoms with Crippen LogP contribution in [0, 0.1) is 5.82 Å². The van der Waals surface area contributed by atoms with Crippen LogP contribution in [-0.2, 0) is 40.8 Å². The van der Waals surface area contributed by atoms with Crippen LogP contribution >= 0.6 is 15.9 Å². The van der Waals surface area contributed by atoms with Crippen molar-refractivity contribution in [3.8, 4) is 0 Å². The van der Waals surface area contributed by atoms with E-state index >= 15 is 4.39 Å². The predicted octanol–water partition coefficient (Wildman–Crippen LogP) is 5.21. The van der Waals surface area contributed by atoms with Crippen LogP contribution in [0.15, 0.2) is 22.7 Å². The van der Waals surface area contributed by atoms with Crippen molar-refractivity contribution in [2.75, 3.05) is 26.0 Å². The Bertz CT molecular complexity index is 1370. The first-order valence-corrected chi connectivity index (χ1v) is 16.8. The first-order chi connectivity index (χ1) is 17.5. The van der Waals surface area contributed by atoms with Crippen molar-refractivity contribution in [1.82, 2.24) is 14.5 Å². The fraction of sp³-hybridized carbons (Fsp3) is 0.462. The fourth-order valence-electron chi connectivity index (χ4n) is 4.97. The van der Waals surface area contributed by atoms with Gasteiger partial charge in [-0.1, -0.05) is 35.6 Å². The number of likely N-dealkylation sites (N-methyl/N-ethyl adjacent to an activating group) is 1. The number of aromatic nitrogens is 2. The van der Waals surface area contributed by atoms with Crippen LogP contribution in [0.3, 0.4) is 0 Å². The van der Waals surface area contributed by atoms with Gasteiger partial charge in [0.2, 0.25) is 0 Å². The lowest BCUT2D eigenvalue weighted by molar-refractivity contribution is 0.0313. The van der Waals surface area contributed by atoms with Crippen molar-refractivity contribution in [3.63, 3.8) is 0 Å². The number of halogens is 2. The number of anilines is 1. The number of nitrogens with two attached hydrogens (primary N) is 1. The highest BCUT2D eigenvalue weighted by Gasteiger charge is 2.33. The average Bonchev–Trinajstić information content (AvgIpc) is 3.45. The van der Waals surface area contributed by atoms with Crippen LogP contribution in [0.25, 0.3) is 11.0 Å². The molecule has 1 aromatic carbocycles. The molecular weight excluding hydrogens is 559 g/mol. The molecule has 2 aliphatic heterocycles. The van der Waals surface area contributed by atoms with Gasteiger partial charge in [-0.05, 0) is 29.8 Å². The van der Waals surface area contributed by atoms with Gasteiger partial charge in [0.15, 0.2) is 0 Å². The Morgan fingerprint density at radius 1 is 1.24 bits per heavy atom. The van der Waals surface area contributed by atoms with Gasteiger partial charge in [-0.15, -0.1) is 0 Å². The van der Waals surface area contributed by atoms with Gasteiger partial charge in [0.05, 0.1) is 43.5 Å². The zero-order chi connectivity index (χ0) is 26.5. The molecule has 5 rings (SSSR count). The minimum atomic E-state index is -1.29. The molecule has 37 heavy (non-hydrogen) atoms. The Balaban J connectivity index is 1.53. The van der Waals surface area contributed by atoms with Gasteiger partial charge in [0.25, 0.3) is 5.91 Å². The lowest BCUT2D eigenvalue weighted by Gasteiger charge is -2.33. The second kappa shape index (κ2) is 10.1. The van der Waals surface area contributed by atoms with Gasteiger partial charge in [0.1, 0.15) is 24.1 Å². The number of pyridine rings is 1. The van der Waals surface area contributed by atoms with E-state index in [4.69, 9.17) is 19.9 Å². The van der Waals surface area contributed by atoms with E-state index in [0.717, 1.165) is 28.3 Å². The molecule has 3 aromatic rings. The van der Waals surface area contributed by atoms with E-state index in [1.54, 1.807) is 18.0 Å². The molecule has 1 amide bonds. The van der Waals surface area contributed by atoms with Crippen molar-refractivity contribution >= 4 is 46.8 Å². The summed E-state index contributed by atoms with van der Waals surface area (Å²) in [5, 5.41) is 0. The Kier molecular flexibility index (Phi) is 7.18. The molecule has 0 fully saturated rings. The Hall–Kier alpha value is -2.31. The van der Waals surface area contributed by atoms with Gasteiger partial charge in [-0.3, -0.25) is 4.79 Å².